The van der Waals surface area contributed by atoms with Gasteiger partial charge in [-0.25, -0.2) is 0 Å². The first kappa shape index (κ1) is 30.8. The molecule has 0 aliphatic heterocycles. The predicted molar refractivity (Wildman–Crippen MR) is 230 cm³/mol. The maximum Gasteiger partial charge on any atom is 0.0435 e. The minimum absolute atomic E-state index is 0.307. The molecule has 252 valence electrons. The van der Waals surface area contributed by atoms with E-state index in [1.165, 1.54) is 104 Å². The van der Waals surface area contributed by atoms with Crippen LogP contribution in [0.15, 0.2) is 200 Å². The topological polar surface area (TPSA) is 0 Å². The zero-order valence-electron chi connectivity index (χ0n) is 30.1. The molecule has 10 aromatic rings. The summed E-state index contributed by atoms with van der Waals surface area (Å²) in [6.45, 7) is 2.42. The van der Waals surface area contributed by atoms with Gasteiger partial charge in [0.25, 0.3) is 0 Å². The Labute approximate surface area is 315 Å². The number of hydrogen-bond donors (Lipinski definition) is 0. The first-order valence-electron chi connectivity index (χ1n) is 18.9. The van der Waals surface area contributed by atoms with Gasteiger partial charge in [-0.15, -0.1) is 0 Å². The molecule has 0 saturated carbocycles. The average molecular weight is 685 g/mol. The minimum Gasteiger partial charge on any atom is -0.0622 e. The molecule has 0 nitrogen and oxygen atoms in total. The van der Waals surface area contributed by atoms with Crippen molar-refractivity contribution in [2.24, 2.45) is 0 Å². The summed E-state index contributed by atoms with van der Waals surface area (Å²) in [6.07, 6.45) is 0. The summed E-state index contributed by atoms with van der Waals surface area (Å²) in [4.78, 5) is 0. The summed E-state index contributed by atoms with van der Waals surface area (Å²) in [5, 5.41) is 10.2. The van der Waals surface area contributed by atoms with E-state index in [1.54, 1.807) is 0 Å². The molecule has 0 bridgehead atoms. The van der Waals surface area contributed by atoms with Crippen molar-refractivity contribution in [1.29, 1.82) is 0 Å². The van der Waals surface area contributed by atoms with Crippen LogP contribution in [0.1, 0.15) is 23.6 Å². The maximum absolute atomic E-state index is 2.48. The van der Waals surface area contributed by atoms with E-state index in [9.17, 15) is 0 Å². The highest BCUT2D eigenvalue weighted by atomic mass is 14.4. The molecule has 0 spiro atoms. The van der Waals surface area contributed by atoms with E-state index in [0.29, 0.717) is 0 Å². The summed E-state index contributed by atoms with van der Waals surface area (Å²) < 4.78 is 0. The Hall–Kier alpha value is -6.76. The Balaban J connectivity index is 1.19. The SMILES string of the molecule is CC1(c2ccccc2)c2cc(-c3cc(-c4ccccc4)cc(-c4c5ccccc5cc5c4ccc4ccccc45)c3)ccc2-c2cc3ccccc3cc21. The van der Waals surface area contributed by atoms with Crippen LogP contribution < -0.4 is 0 Å². The van der Waals surface area contributed by atoms with E-state index in [4.69, 9.17) is 0 Å². The lowest BCUT2D eigenvalue weighted by atomic mass is 9.73. The molecule has 1 unspecified atom stereocenters. The molecular weight excluding hydrogens is 649 g/mol. The van der Waals surface area contributed by atoms with E-state index in [-0.39, 0.29) is 5.41 Å². The van der Waals surface area contributed by atoms with Gasteiger partial charge in [0.05, 0.1) is 0 Å². The van der Waals surface area contributed by atoms with Crippen LogP contribution in [0.4, 0.5) is 0 Å². The molecule has 0 radical (unpaired) electrons. The maximum atomic E-state index is 2.48. The van der Waals surface area contributed by atoms with Gasteiger partial charge in [0.15, 0.2) is 0 Å². The number of rotatable bonds is 4. The molecule has 0 fully saturated rings. The summed E-state index contributed by atoms with van der Waals surface area (Å²) in [5.41, 5.74) is 13.7. The van der Waals surface area contributed by atoms with Gasteiger partial charge >= 0.3 is 0 Å². The van der Waals surface area contributed by atoms with E-state index in [1.807, 2.05) is 0 Å². The van der Waals surface area contributed by atoms with E-state index < -0.39 is 0 Å². The smallest absolute Gasteiger partial charge is 0.0435 e. The van der Waals surface area contributed by atoms with Crippen LogP contribution in [-0.2, 0) is 5.41 Å². The molecule has 0 N–H and O–H groups in total. The molecule has 1 aliphatic carbocycles. The van der Waals surface area contributed by atoms with Crippen molar-refractivity contribution in [3.8, 4) is 44.5 Å². The second-order valence-electron chi connectivity index (χ2n) is 15.0. The predicted octanol–water partition coefficient (Wildman–Crippen LogP) is 14.6. The number of benzene rings is 10. The fourth-order valence-electron chi connectivity index (χ4n) is 9.34. The Morgan fingerprint density at radius 1 is 0.296 bits per heavy atom. The van der Waals surface area contributed by atoms with Gasteiger partial charge < -0.3 is 0 Å². The summed E-state index contributed by atoms with van der Waals surface area (Å²) in [7, 11) is 0. The van der Waals surface area contributed by atoms with Crippen LogP contribution in [0.25, 0.3) is 87.6 Å². The van der Waals surface area contributed by atoms with Gasteiger partial charge in [-0.2, -0.15) is 0 Å². The van der Waals surface area contributed by atoms with Gasteiger partial charge in [-0.05, 0) is 154 Å². The van der Waals surface area contributed by atoms with E-state index >= 15 is 0 Å². The lowest BCUT2D eigenvalue weighted by Gasteiger charge is -2.29. The molecule has 0 heteroatoms. The number of fused-ring (bicyclic) bond motifs is 8. The van der Waals surface area contributed by atoms with Crippen LogP contribution in [-0.4, -0.2) is 0 Å². The molecule has 1 atom stereocenters. The third-order valence-electron chi connectivity index (χ3n) is 12.1. The van der Waals surface area contributed by atoms with Crippen LogP contribution >= 0.6 is 0 Å². The second kappa shape index (κ2) is 11.9. The fraction of sp³-hybridized carbons (Fsp3) is 0.0370. The van der Waals surface area contributed by atoms with Crippen molar-refractivity contribution in [2.45, 2.75) is 12.3 Å². The molecule has 11 rings (SSSR count). The fourth-order valence-corrected chi connectivity index (χ4v) is 9.34. The quantitative estimate of drug-likeness (QED) is 0.128. The van der Waals surface area contributed by atoms with Crippen molar-refractivity contribution in [3.05, 3.63) is 217 Å². The minimum atomic E-state index is -0.307. The van der Waals surface area contributed by atoms with Gasteiger partial charge in [0, 0.05) is 5.41 Å². The van der Waals surface area contributed by atoms with E-state index in [2.05, 4.69) is 207 Å². The molecular formula is C54H36. The Bertz CT molecular complexity index is 3100. The van der Waals surface area contributed by atoms with Crippen LogP contribution in [0.2, 0.25) is 0 Å². The Morgan fingerprint density at radius 2 is 0.889 bits per heavy atom. The average Bonchev–Trinajstić information content (AvgIpc) is 3.49. The highest BCUT2D eigenvalue weighted by Crippen LogP contribution is 2.54. The first-order chi connectivity index (χ1) is 26.6. The zero-order valence-corrected chi connectivity index (χ0v) is 30.1. The largest absolute Gasteiger partial charge is 0.0622 e. The summed E-state index contributed by atoms with van der Waals surface area (Å²) in [6, 6.07) is 74.6. The molecule has 0 amide bonds. The van der Waals surface area contributed by atoms with Gasteiger partial charge in [0.2, 0.25) is 0 Å². The number of hydrogen-bond acceptors (Lipinski definition) is 0. The molecule has 10 aromatic carbocycles. The van der Waals surface area contributed by atoms with E-state index in [0.717, 1.165) is 0 Å². The summed E-state index contributed by atoms with van der Waals surface area (Å²) >= 11 is 0. The standard InChI is InChI=1S/C54H36/c1-54(44-20-6-3-7-21-44)51-34-39(25-26-47(51)50-31-37-17-8-9-18-38(37)33-52(50)54)42-28-41(35-14-4-2-5-15-35)29-43(30-42)53-46-23-13-11-19-40(46)32-49-45-22-12-10-16-36(45)24-27-48(49)53/h2-34H,1H3. The van der Waals surface area contributed by atoms with Gasteiger partial charge in [-0.3, -0.25) is 0 Å². The van der Waals surface area contributed by atoms with Crippen molar-refractivity contribution in [1.82, 2.24) is 0 Å². The van der Waals surface area contributed by atoms with Crippen molar-refractivity contribution in [3.63, 3.8) is 0 Å². The molecule has 0 heterocycles. The highest BCUT2D eigenvalue weighted by molar-refractivity contribution is 6.20. The normalized spacial score (nSPS) is 14.8. The van der Waals surface area contributed by atoms with Crippen molar-refractivity contribution >= 4 is 43.1 Å². The van der Waals surface area contributed by atoms with Gasteiger partial charge in [0.1, 0.15) is 0 Å². The molecule has 0 aromatic heterocycles. The molecule has 54 heavy (non-hydrogen) atoms. The van der Waals surface area contributed by atoms with Crippen molar-refractivity contribution < 1.29 is 0 Å². The molecule has 0 saturated heterocycles. The molecule has 1 aliphatic rings. The van der Waals surface area contributed by atoms with Crippen molar-refractivity contribution in [2.75, 3.05) is 0 Å². The zero-order chi connectivity index (χ0) is 35.8. The lowest BCUT2D eigenvalue weighted by Crippen LogP contribution is -2.22. The first-order valence-corrected chi connectivity index (χ1v) is 18.9. The lowest BCUT2D eigenvalue weighted by molar-refractivity contribution is 0.715. The monoisotopic (exact) mass is 684 g/mol. The second-order valence-corrected chi connectivity index (χ2v) is 15.0. The third kappa shape index (κ3) is 4.63. The van der Waals surface area contributed by atoms with Crippen LogP contribution in [0, 0.1) is 0 Å². The highest BCUT2D eigenvalue weighted by Gasteiger charge is 2.41. The third-order valence-corrected chi connectivity index (χ3v) is 12.1. The van der Waals surface area contributed by atoms with Gasteiger partial charge in [-0.1, -0.05) is 158 Å². The Morgan fingerprint density at radius 3 is 1.67 bits per heavy atom. The van der Waals surface area contributed by atoms with Crippen LogP contribution in [0.5, 0.6) is 0 Å². The summed E-state index contributed by atoms with van der Waals surface area (Å²) in [5.74, 6) is 0. The van der Waals surface area contributed by atoms with Crippen LogP contribution in [0.3, 0.4) is 0 Å². The Kier molecular flexibility index (Phi) is 6.78.